The molecule has 0 saturated carbocycles. The Morgan fingerprint density at radius 3 is 2.42 bits per heavy atom. The molecule has 4 heteroatoms. The van der Waals surface area contributed by atoms with Crippen molar-refractivity contribution in [3.63, 3.8) is 0 Å². The van der Waals surface area contributed by atoms with Crippen molar-refractivity contribution < 1.29 is 9.18 Å². The minimum Gasteiger partial charge on any atom is -0.345 e. The fourth-order valence-corrected chi connectivity index (χ4v) is 3.11. The molecule has 0 spiro atoms. The van der Waals surface area contributed by atoms with Crippen LogP contribution in [0.25, 0.3) is 0 Å². The van der Waals surface area contributed by atoms with Crippen molar-refractivity contribution in [3.8, 4) is 0 Å². The Morgan fingerprint density at radius 2 is 1.73 bits per heavy atom. The summed E-state index contributed by atoms with van der Waals surface area (Å²) >= 11 is 5.77. The van der Waals surface area contributed by atoms with Gasteiger partial charge in [0.25, 0.3) is 0 Å². The second-order valence-corrected chi connectivity index (χ2v) is 6.62. The highest BCUT2D eigenvalue weighted by atomic mass is 35.5. The lowest BCUT2D eigenvalue weighted by Crippen LogP contribution is -2.31. The fourth-order valence-electron chi connectivity index (χ4n) is 2.95. The van der Waals surface area contributed by atoms with E-state index in [1.165, 1.54) is 6.07 Å². The molecular weight excluding hydrogens is 349 g/mol. The van der Waals surface area contributed by atoms with Gasteiger partial charge >= 0.3 is 0 Å². The number of nitrogens with one attached hydrogen (secondary N) is 1. The molecular formula is C22H19ClFNO. The van der Waals surface area contributed by atoms with E-state index in [0.29, 0.717) is 10.6 Å². The Morgan fingerprint density at radius 1 is 1.04 bits per heavy atom. The lowest BCUT2D eigenvalue weighted by Gasteiger charge is -2.22. The first-order valence-electron chi connectivity index (χ1n) is 8.38. The Balaban J connectivity index is 1.86. The molecule has 0 fully saturated rings. The number of carbonyl (C=O) groups excluding carboxylic acids is 1. The van der Waals surface area contributed by atoms with Gasteiger partial charge in [-0.3, -0.25) is 4.79 Å². The molecule has 0 bridgehead atoms. The van der Waals surface area contributed by atoms with Crippen LogP contribution in [0.2, 0.25) is 5.02 Å². The van der Waals surface area contributed by atoms with Gasteiger partial charge in [-0.15, -0.1) is 0 Å². The van der Waals surface area contributed by atoms with Crippen LogP contribution < -0.4 is 5.32 Å². The topological polar surface area (TPSA) is 29.1 Å². The van der Waals surface area contributed by atoms with Crippen LogP contribution in [0.3, 0.4) is 0 Å². The molecule has 0 saturated heterocycles. The summed E-state index contributed by atoms with van der Waals surface area (Å²) in [7, 11) is 0. The highest BCUT2D eigenvalue weighted by Gasteiger charge is 2.19. The van der Waals surface area contributed by atoms with Crippen molar-refractivity contribution in [2.24, 2.45) is 0 Å². The van der Waals surface area contributed by atoms with Gasteiger partial charge in [0.05, 0.1) is 12.5 Å². The SMILES string of the molecule is Cc1ccccc1C(NC(=O)Cc1ccc(Cl)cc1F)c1ccccc1. The average Bonchev–Trinajstić information content (AvgIpc) is 2.63. The van der Waals surface area contributed by atoms with E-state index in [4.69, 9.17) is 11.6 Å². The molecule has 1 amide bonds. The summed E-state index contributed by atoms with van der Waals surface area (Å²) in [6.07, 6.45) is -0.0434. The summed E-state index contributed by atoms with van der Waals surface area (Å²) in [5.74, 6) is -0.719. The third-order valence-corrected chi connectivity index (χ3v) is 4.54. The maximum atomic E-state index is 14.0. The minimum absolute atomic E-state index is 0.0434. The van der Waals surface area contributed by atoms with Crippen molar-refractivity contribution in [3.05, 3.63) is 106 Å². The second-order valence-electron chi connectivity index (χ2n) is 6.18. The summed E-state index contributed by atoms with van der Waals surface area (Å²) in [6.45, 7) is 2.01. The summed E-state index contributed by atoms with van der Waals surface area (Å²) in [6, 6.07) is 21.7. The molecule has 1 atom stereocenters. The van der Waals surface area contributed by atoms with Crippen LogP contribution in [0.1, 0.15) is 28.3 Å². The van der Waals surface area contributed by atoms with Crippen LogP contribution in [-0.2, 0) is 11.2 Å². The summed E-state index contributed by atoms with van der Waals surface area (Å²) < 4.78 is 14.0. The predicted octanol–water partition coefficient (Wildman–Crippen LogP) is 5.24. The van der Waals surface area contributed by atoms with Gasteiger partial charge in [-0.25, -0.2) is 4.39 Å². The Labute approximate surface area is 157 Å². The van der Waals surface area contributed by atoms with E-state index in [0.717, 1.165) is 16.7 Å². The Bertz CT molecular complexity index is 911. The molecule has 2 nitrogen and oxygen atoms in total. The Kier molecular flexibility index (Phi) is 5.69. The zero-order valence-corrected chi connectivity index (χ0v) is 15.1. The quantitative estimate of drug-likeness (QED) is 0.656. The van der Waals surface area contributed by atoms with Crippen LogP contribution in [0.4, 0.5) is 4.39 Å². The first-order chi connectivity index (χ1) is 12.5. The van der Waals surface area contributed by atoms with Gasteiger partial charge < -0.3 is 5.32 Å². The van der Waals surface area contributed by atoms with Gasteiger partial charge in [-0.05, 0) is 41.3 Å². The number of halogens is 2. The van der Waals surface area contributed by atoms with Crippen LogP contribution in [-0.4, -0.2) is 5.91 Å². The van der Waals surface area contributed by atoms with Crippen molar-refractivity contribution >= 4 is 17.5 Å². The average molecular weight is 368 g/mol. The summed E-state index contributed by atoms with van der Waals surface area (Å²) in [5, 5.41) is 3.36. The van der Waals surface area contributed by atoms with Crippen molar-refractivity contribution in [1.29, 1.82) is 0 Å². The number of amides is 1. The smallest absolute Gasteiger partial charge is 0.225 e. The fraction of sp³-hybridized carbons (Fsp3) is 0.136. The first-order valence-corrected chi connectivity index (χ1v) is 8.76. The van der Waals surface area contributed by atoms with E-state index >= 15 is 0 Å². The van der Waals surface area contributed by atoms with Crippen LogP contribution in [0, 0.1) is 12.7 Å². The monoisotopic (exact) mass is 367 g/mol. The van der Waals surface area contributed by atoms with E-state index < -0.39 is 5.82 Å². The second kappa shape index (κ2) is 8.15. The molecule has 3 rings (SSSR count). The van der Waals surface area contributed by atoms with Crippen LogP contribution in [0.5, 0.6) is 0 Å². The number of hydrogen-bond donors (Lipinski definition) is 1. The molecule has 3 aromatic rings. The lowest BCUT2D eigenvalue weighted by atomic mass is 9.94. The van der Waals surface area contributed by atoms with E-state index in [-0.39, 0.29) is 18.4 Å². The number of rotatable bonds is 5. The highest BCUT2D eigenvalue weighted by Crippen LogP contribution is 2.25. The molecule has 1 unspecified atom stereocenters. The molecule has 0 aromatic heterocycles. The zero-order valence-electron chi connectivity index (χ0n) is 14.4. The van der Waals surface area contributed by atoms with Gasteiger partial charge in [0, 0.05) is 5.02 Å². The van der Waals surface area contributed by atoms with E-state index in [1.807, 2.05) is 61.5 Å². The normalized spacial score (nSPS) is 11.8. The molecule has 0 aliphatic carbocycles. The minimum atomic E-state index is -0.472. The van der Waals surface area contributed by atoms with Crippen molar-refractivity contribution in [2.45, 2.75) is 19.4 Å². The molecule has 0 radical (unpaired) electrons. The lowest BCUT2D eigenvalue weighted by molar-refractivity contribution is -0.121. The number of benzene rings is 3. The summed E-state index contributed by atoms with van der Waals surface area (Å²) in [5.41, 5.74) is 3.40. The predicted molar refractivity (Wildman–Crippen MR) is 103 cm³/mol. The van der Waals surface area contributed by atoms with E-state index in [2.05, 4.69) is 5.32 Å². The van der Waals surface area contributed by atoms with Crippen LogP contribution >= 0.6 is 11.6 Å². The van der Waals surface area contributed by atoms with Gasteiger partial charge in [0.1, 0.15) is 5.82 Å². The first kappa shape index (κ1) is 18.2. The molecule has 0 aliphatic rings. The molecule has 1 N–H and O–H groups in total. The van der Waals surface area contributed by atoms with Gasteiger partial charge in [0.2, 0.25) is 5.91 Å². The number of carbonyl (C=O) groups is 1. The summed E-state index contributed by atoms with van der Waals surface area (Å²) in [4.78, 5) is 12.6. The number of aryl methyl sites for hydroxylation is 1. The highest BCUT2D eigenvalue weighted by molar-refractivity contribution is 6.30. The largest absolute Gasteiger partial charge is 0.345 e. The van der Waals surface area contributed by atoms with Gasteiger partial charge in [-0.1, -0.05) is 72.3 Å². The molecule has 3 aromatic carbocycles. The third kappa shape index (κ3) is 4.30. The number of hydrogen-bond acceptors (Lipinski definition) is 1. The van der Waals surface area contributed by atoms with Crippen molar-refractivity contribution in [1.82, 2.24) is 5.32 Å². The maximum Gasteiger partial charge on any atom is 0.225 e. The standard InChI is InChI=1S/C22H19ClFNO/c1-15-7-5-6-10-19(15)22(16-8-3-2-4-9-16)25-21(26)13-17-11-12-18(23)14-20(17)24/h2-12,14,22H,13H2,1H3,(H,25,26). The zero-order chi connectivity index (χ0) is 18.5. The van der Waals surface area contributed by atoms with E-state index in [1.54, 1.807) is 12.1 Å². The van der Waals surface area contributed by atoms with Gasteiger partial charge in [0.15, 0.2) is 0 Å². The Hall–Kier alpha value is -2.65. The van der Waals surface area contributed by atoms with Crippen LogP contribution in [0.15, 0.2) is 72.8 Å². The molecule has 132 valence electrons. The maximum absolute atomic E-state index is 14.0. The van der Waals surface area contributed by atoms with Crippen molar-refractivity contribution in [2.75, 3.05) is 0 Å². The molecule has 0 heterocycles. The third-order valence-electron chi connectivity index (χ3n) is 4.30. The molecule has 0 aliphatic heterocycles. The van der Waals surface area contributed by atoms with Gasteiger partial charge in [-0.2, -0.15) is 0 Å². The molecule has 26 heavy (non-hydrogen) atoms. The van der Waals surface area contributed by atoms with E-state index in [9.17, 15) is 9.18 Å².